The normalized spacial score (nSPS) is 19.4. The average molecular weight is 311 g/mol. The van der Waals surface area contributed by atoms with E-state index in [4.69, 9.17) is 5.14 Å². The quantitative estimate of drug-likeness (QED) is 0.888. The molecule has 0 saturated carbocycles. The van der Waals surface area contributed by atoms with E-state index in [1.165, 1.54) is 0 Å². The molecule has 21 heavy (non-hydrogen) atoms. The highest BCUT2D eigenvalue weighted by Gasteiger charge is 2.30. The van der Waals surface area contributed by atoms with Crippen molar-refractivity contribution in [1.29, 1.82) is 0 Å². The second kappa shape index (κ2) is 6.03. The topological polar surface area (TPSA) is 83.7 Å². The zero-order chi connectivity index (χ0) is 15.6. The van der Waals surface area contributed by atoms with Gasteiger partial charge in [-0.25, -0.2) is 13.6 Å². The minimum absolute atomic E-state index is 0.146. The molecule has 1 unspecified atom stereocenters. The lowest BCUT2D eigenvalue weighted by atomic mass is 10.1. The first-order valence-corrected chi connectivity index (χ1v) is 8.48. The molecule has 0 bridgehead atoms. The Morgan fingerprint density at radius 3 is 2.71 bits per heavy atom. The summed E-state index contributed by atoms with van der Waals surface area (Å²) in [7, 11) is 0.210. The highest BCUT2D eigenvalue weighted by molar-refractivity contribution is 7.89. The van der Waals surface area contributed by atoms with Gasteiger partial charge >= 0.3 is 0 Å². The number of benzene rings is 1. The van der Waals surface area contributed by atoms with E-state index in [0.29, 0.717) is 24.9 Å². The molecule has 7 heteroatoms. The third kappa shape index (κ3) is 3.74. The van der Waals surface area contributed by atoms with Crippen LogP contribution in [0.15, 0.2) is 24.3 Å². The van der Waals surface area contributed by atoms with E-state index in [-0.39, 0.29) is 12.5 Å². The molecule has 0 aromatic heterocycles. The lowest BCUT2D eigenvalue weighted by molar-refractivity contribution is 0.0727. The van der Waals surface area contributed by atoms with Crippen molar-refractivity contribution in [3.63, 3.8) is 0 Å². The van der Waals surface area contributed by atoms with Crippen molar-refractivity contribution in [2.75, 3.05) is 32.1 Å². The lowest BCUT2D eigenvalue weighted by Gasteiger charge is -2.31. The fourth-order valence-corrected chi connectivity index (χ4v) is 3.37. The number of likely N-dealkylation sites (tertiary alicyclic amines) is 1. The minimum atomic E-state index is -3.60. The zero-order valence-corrected chi connectivity index (χ0v) is 13.1. The molecular formula is C14H21N3O3S. The van der Waals surface area contributed by atoms with Gasteiger partial charge in [0.2, 0.25) is 10.0 Å². The van der Waals surface area contributed by atoms with E-state index in [1.807, 2.05) is 37.2 Å². The van der Waals surface area contributed by atoms with Crippen molar-refractivity contribution >= 4 is 21.6 Å². The Hall–Kier alpha value is -1.60. The second-order valence-electron chi connectivity index (χ2n) is 5.55. The summed E-state index contributed by atoms with van der Waals surface area (Å²) < 4.78 is 22.9. The Kier molecular flexibility index (Phi) is 4.53. The van der Waals surface area contributed by atoms with Crippen LogP contribution in [0.25, 0.3) is 0 Å². The predicted molar refractivity (Wildman–Crippen MR) is 82.8 cm³/mol. The smallest absolute Gasteiger partial charge is 0.253 e. The van der Waals surface area contributed by atoms with Gasteiger partial charge in [0.15, 0.2) is 0 Å². The van der Waals surface area contributed by atoms with Crippen LogP contribution in [0, 0.1) is 0 Å². The summed E-state index contributed by atoms with van der Waals surface area (Å²) in [5.41, 5.74) is 1.50. The van der Waals surface area contributed by atoms with Gasteiger partial charge in [-0.05, 0) is 31.0 Å². The Bertz CT molecular complexity index is 628. The molecule has 1 heterocycles. The highest BCUT2D eigenvalue weighted by Crippen LogP contribution is 2.20. The summed E-state index contributed by atoms with van der Waals surface area (Å²) >= 11 is 0. The van der Waals surface area contributed by atoms with Crippen LogP contribution in [0.2, 0.25) is 0 Å². The maximum absolute atomic E-state index is 12.5. The summed E-state index contributed by atoms with van der Waals surface area (Å²) in [6, 6.07) is 7.29. The monoisotopic (exact) mass is 311 g/mol. The van der Waals surface area contributed by atoms with Gasteiger partial charge in [-0.15, -0.1) is 0 Å². The van der Waals surface area contributed by atoms with Crippen molar-refractivity contribution in [3.8, 4) is 0 Å². The van der Waals surface area contributed by atoms with Gasteiger partial charge in [0.1, 0.15) is 0 Å². The minimum Gasteiger partial charge on any atom is -0.378 e. The number of piperidine rings is 1. The lowest BCUT2D eigenvalue weighted by Crippen LogP contribution is -2.47. The number of primary sulfonamides is 1. The molecule has 0 aliphatic carbocycles. The number of nitrogens with two attached hydrogens (primary N) is 1. The van der Waals surface area contributed by atoms with Gasteiger partial charge in [0, 0.05) is 38.4 Å². The van der Waals surface area contributed by atoms with Crippen LogP contribution < -0.4 is 10.0 Å². The number of sulfonamides is 1. The molecule has 0 radical (unpaired) electrons. The van der Waals surface area contributed by atoms with Gasteiger partial charge in [-0.3, -0.25) is 4.79 Å². The van der Waals surface area contributed by atoms with Gasteiger partial charge < -0.3 is 9.80 Å². The number of hydrogen-bond acceptors (Lipinski definition) is 4. The SMILES string of the molecule is CN(C)c1cccc(C(=O)N2CCCC(S(N)(=O)=O)C2)c1. The summed E-state index contributed by atoms with van der Waals surface area (Å²) in [5.74, 6) is -0.146. The molecule has 116 valence electrons. The molecule has 2 rings (SSSR count). The maximum Gasteiger partial charge on any atom is 0.253 e. The first-order valence-electron chi connectivity index (χ1n) is 6.87. The third-order valence-corrected chi connectivity index (χ3v) is 5.05. The number of carbonyl (C=O) groups excluding carboxylic acids is 1. The van der Waals surface area contributed by atoms with E-state index in [9.17, 15) is 13.2 Å². The maximum atomic E-state index is 12.5. The van der Waals surface area contributed by atoms with Crippen LogP contribution in [-0.2, 0) is 10.0 Å². The van der Waals surface area contributed by atoms with Crippen molar-refractivity contribution < 1.29 is 13.2 Å². The van der Waals surface area contributed by atoms with Crippen LogP contribution in [0.4, 0.5) is 5.69 Å². The van der Waals surface area contributed by atoms with E-state index >= 15 is 0 Å². The predicted octanol–water partition coefficient (Wildman–Crippen LogP) is 0.646. The first kappa shape index (κ1) is 15.8. The van der Waals surface area contributed by atoms with Crippen LogP contribution in [0.1, 0.15) is 23.2 Å². The number of amides is 1. The molecule has 6 nitrogen and oxygen atoms in total. The molecule has 1 atom stereocenters. The summed E-state index contributed by atoms with van der Waals surface area (Å²) in [5, 5.41) is 4.54. The molecular weight excluding hydrogens is 290 g/mol. The van der Waals surface area contributed by atoms with Crippen LogP contribution in [-0.4, -0.2) is 51.7 Å². The standard InChI is InChI=1S/C14H21N3O3S/c1-16(2)12-6-3-5-11(9-12)14(18)17-8-4-7-13(10-17)21(15,19)20/h3,5-6,9,13H,4,7-8,10H2,1-2H3,(H2,15,19,20). The summed E-state index contributed by atoms with van der Waals surface area (Å²) in [6.45, 7) is 0.737. The van der Waals surface area contributed by atoms with Crippen molar-refractivity contribution in [2.24, 2.45) is 5.14 Å². The Morgan fingerprint density at radius 1 is 1.38 bits per heavy atom. The van der Waals surface area contributed by atoms with Crippen molar-refractivity contribution in [3.05, 3.63) is 29.8 Å². The van der Waals surface area contributed by atoms with Crippen molar-refractivity contribution in [2.45, 2.75) is 18.1 Å². The zero-order valence-electron chi connectivity index (χ0n) is 12.3. The van der Waals surface area contributed by atoms with E-state index < -0.39 is 15.3 Å². The van der Waals surface area contributed by atoms with Crippen LogP contribution in [0.3, 0.4) is 0 Å². The van der Waals surface area contributed by atoms with Crippen LogP contribution in [0.5, 0.6) is 0 Å². The van der Waals surface area contributed by atoms with Gasteiger partial charge in [0.25, 0.3) is 5.91 Å². The molecule has 1 amide bonds. The molecule has 1 fully saturated rings. The largest absolute Gasteiger partial charge is 0.378 e. The average Bonchev–Trinajstić information content (AvgIpc) is 2.46. The molecule has 1 aromatic carbocycles. The number of rotatable bonds is 3. The number of nitrogens with zero attached hydrogens (tertiary/aromatic N) is 2. The molecule has 2 N–H and O–H groups in total. The summed E-state index contributed by atoms with van der Waals surface area (Å²) in [4.78, 5) is 16.0. The van der Waals surface area contributed by atoms with Crippen LogP contribution >= 0.6 is 0 Å². The highest BCUT2D eigenvalue weighted by atomic mass is 32.2. The Balaban J connectivity index is 2.18. The van der Waals surface area contributed by atoms with E-state index in [2.05, 4.69) is 0 Å². The Morgan fingerprint density at radius 2 is 2.10 bits per heavy atom. The van der Waals surface area contributed by atoms with E-state index in [0.717, 1.165) is 5.69 Å². The summed E-state index contributed by atoms with van der Waals surface area (Å²) in [6.07, 6.45) is 1.17. The number of hydrogen-bond donors (Lipinski definition) is 1. The van der Waals surface area contributed by atoms with Gasteiger partial charge in [0.05, 0.1) is 5.25 Å². The molecule has 1 aliphatic rings. The third-order valence-electron chi connectivity index (χ3n) is 3.74. The van der Waals surface area contributed by atoms with Gasteiger partial charge in [-0.2, -0.15) is 0 Å². The number of anilines is 1. The second-order valence-corrected chi connectivity index (χ2v) is 7.39. The van der Waals surface area contributed by atoms with E-state index in [1.54, 1.807) is 11.0 Å². The molecule has 1 saturated heterocycles. The molecule has 1 aromatic rings. The number of carbonyl (C=O) groups is 1. The van der Waals surface area contributed by atoms with Gasteiger partial charge in [-0.1, -0.05) is 6.07 Å². The fourth-order valence-electron chi connectivity index (χ4n) is 2.49. The fraction of sp³-hybridized carbons (Fsp3) is 0.500. The molecule has 0 spiro atoms. The Labute approximate surface area is 125 Å². The van der Waals surface area contributed by atoms with Crippen molar-refractivity contribution in [1.82, 2.24) is 4.90 Å². The first-order chi connectivity index (χ1) is 9.79. The molecule has 1 aliphatic heterocycles.